The fourth-order valence-electron chi connectivity index (χ4n) is 4.10. The second-order valence-electron chi connectivity index (χ2n) is 9.41. The number of nitrogens with zero attached hydrogens (tertiary/aromatic N) is 2. The van der Waals surface area contributed by atoms with E-state index in [0.717, 1.165) is 21.9 Å². The van der Waals surface area contributed by atoms with Crippen LogP contribution in [0.1, 0.15) is 44.7 Å². The lowest BCUT2D eigenvalue weighted by Gasteiger charge is -2.33. The molecule has 0 aliphatic heterocycles. The second kappa shape index (κ2) is 13.2. The number of carbonyl (C=O) groups is 2. The molecule has 0 saturated heterocycles. The molecule has 0 saturated carbocycles. The van der Waals surface area contributed by atoms with Crippen molar-refractivity contribution in [2.75, 3.05) is 10.8 Å². The van der Waals surface area contributed by atoms with Gasteiger partial charge in [0.2, 0.25) is 11.8 Å². The van der Waals surface area contributed by atoms with Crippen LogP contribution in [0.15, 0.2) is 89.8 Å². The molecule has 0 bridgehead atoms. The predicted molar refractivity (Wildman–Crippen MR) is 151 cm³/mol. The molecule has 202 valence electrons. The third kappa shape index (κ3) is 7.22. The van der Waals surface area contributed by atoms with Crippen LogP contribution < -0.4 is 9.62 Å². The Bertz CT molecular complexity index is 1300. The van der Waals surface area contributed by atoms with E-state index < -0.39 is 28.5 Å². The first-order chi connectivity index (χ1) is 18.2. The Labute approximate surface area is 226 Å². The van der Waals surface area contributed by atoms with Gasteiger partial charge < -0.3 is 10.2 Å². The van der Waals surface area contributed by atoms with Gasteiger partial charge in [-0.3, -0.25) is 13.9 Å². The van der Waals surface area contributed by atoms with E-state index in [9.17, 15) is 18.0 Å². The van der Waals surface area contributed by atoms with E-state index in [2.05, 4.69) is 5.32 Å². The van der Waals surface area contributed by atoms with Crippen molar-refractivity contribution in [2.24, 2.45) is 0 Å². The number of para-hydroxylation sites is 1. The molecule has 3 rings (SSSR count). The van der Waals surface area contributed by atoms with Crippen molar-refractivity contribution >= 4 is 27.5 Å². The smallest absolute Gasteiger partial charge is 0.264 e. The van der Waals surface area contributed by atoms with Crippen molar-refractivity contribution in [3.05, 3.63) is 96.1 Å². The van der Waals surface area contributed by atoms with Gasteiger partial charge in [-0.2, -0.15) is 0 Å². The van der Waals surface area contributed by atoms with E-state index >= 15 is 0 Å². The Kier molecular flexibility index (Phi) is 10.1. The van der Waals surface area contributed by atoms with Crippen molar-refractivity contribution in [1.29, 1.82) is 0 Å². The van der Waals surface area contributed by atoms with Crippen molar-refractivity contribution in [2.45, 2.75) is 64.1 Å². The number of benzene rings is 3. The van der Waals surface area contributed by atoms with E-state index in [1.807, 2.05) is 58.0 Å². The Balaban J connectivity index is 2.01. The van der Waals surface area contributed by atoms with Crippen molar-refractivity contribution in [1.82, 2.24) is 10.2 Å². The summed E-state index contributed by atoms with van der Waals surface area (Å²) in [5.74, 6) is -0.710. The summed E-state index contributed by atoms with van der Waals surface area (Å²) in [6.45, 7) is 7.36. The highest BCUT2D eigenvalue weighted by Gasteiger charge is 2.33. The van der Waals surface area contributed by atoms with E-state index in [1.54, 1.807) is 54.6 Å². The molecule has 0 aromatic heterocycles. The van der Waals surface area contributed by atoms with E-state index in [-0.39, 0.29) is 23.4 Å². The van der Waals surface area contributed by atoms with Gasteiger partial charge in [0.25, 0.3) is 10.0 Å². The number of sulfonamides is 1. The molecule has 3 aromatic carbocycles. The maximum atomic E-state index is 14.0. The Hall–Kier alpha value is -3.65. The molecule has 7 nitrogen and oxygen atoms in total. The van der Waals surface area contributed by atoms with Crippen molar-refractivity contribution < 1.29 is 18.0 Å². The molecule has 0 aliphatic rings. The van der Waals surface area contributed by atoms with Crippen LogP contribution in [0, 0.1) is 6.92 Å². The van der Waals surface area contributed by atoms with Crippen LogP contribution in [0.5, 0.6) is 0 Å². The number of amides is 2. The first-order valence-electron chi connectivity index (χ1n) is 13.0. The summed E-state index contributed by atoms with van der Waals surface area (Å²) in [4.78, 5) is 28.8. The molecule has 2 atom stereocenters. The number of nitrogens with one attached hydrogen (secondary N) is 1. The quantitative estimate of drug-likeness (QED) is 0.357. The predicted octanol–water partition coefficient (Wildman–Crippen LogP) is 4.91. The summed E-state index contributed by atoms with van der Waals surface area (Å²) in [7, 11) is -4.06. The van der Waals surface area contributed by atoms with Gasteiger partial charge >= 0.3 is 0 Å². The number of rotatable bonds is 12. The standard InChI is InChI=1S/C30H37N3O4S/c1-5-24(4)31-30(35)28(6-2)32(21-25-13-9-7-10-14-25)29(34)22-33(26-15-11-8-12-16-26)38(36,37)27-19-17-23(3)18-20-27/h7-20,24,28H,5-6,21-22H2,1-4H3,(H,31,35)/t24-,28+/m0/s1. The van der Waals surface area contributed by atoms with Gasteiger partial charge in [0.05, 0.1) is 10.6 Å². The lowest BCUT2D eigenvalue weighted by molar-refractivity contribution is -0.140. The van der Waals surface area contributed by atoms with E-state index in [4.69, 9.17) is 0 Å². The van der Waals surface area contributed by atoms with Crippen LogP contribution >= 0.6 is 0 Å². The lowest BCUT2D eigenvalue weighted by atomic mass is 10.1. The highest BCUT2D eigenvalue weighted by atomic mass is 32.2. The zero-order valence-electron chi connectivity index (χ0n) is 22.5. The highest BCUT2D eigenvalue weighted by molar-refractivity contribution is 7.92. The normalized spacial score (nSPS) is 12.8. The molecule has 1 N–H and O–H groups in total. The summed E-state index contributed by atoms with van der Waals surface area (Å²) in [5.41, 5.74) is 2.15. The van der Waals surface area contributed by atoms with Crippen LogP contribution in [0.25, 0.3) is 0 Å². The summed E-state index contributed by atoms with van der Waals surface area (Å²) < 4.78 is 28.7. The third-order valence-corrected chi connectivity index (χ3v) is 8.30. The minimum atomic E-state index is -4.06. The van der Waals surface area contributed by atoms with Gasteiger partial charge in [-0.25, -0.2) is 8.42 Å². The molecule has 0 aliphatic carbocycles. The van der Waals surface area contributed by atoms with E-state index in [0.29, 0.717) is 12.1 Å². The van der Waals surface area contributed by atoms with Crippen LogP contribution in [0.3, 0.4) is 0 Å². The fourth-order valence-corrected chi connectivity index (χ4v) is 5.52. The summed E-state index contributed by atoms with van der Waals surface area (Å²) in [6, 6.07) is 23.7. The largest absolute Gasteiger partial charge is 0.352 e. The zero-order chi connectivity index (χ0) is 27.7. The monoisotopic (exact) mass is 535 g/mol. The number of hydrogen-bond donors (Lipinski definition) is 1. The maximum Gasteiger partial charge on any atom is 0.264 e. The second-order valence-corrected chi connectivity index (χ2v) is 11.3. The SMILES string of the molecule is CC[C@H](C(=O)N[C@@H](C)CC)N(Cc1ccccc1)C(=O)CN(c1ccccc1)S(=O)(=O)c1ccc(C)cc1. The molecule has 38 heavy (non-hydrogen) atoms. The third-order valence-electron chi connectivity index (χ3n) is 6.51. The van der Waals surface area contributed by atoms with Crippen molar-refractivity contribution in [3.8, 4) is 0 Å². The van der Waals surface area contributed by atoms with Gasteiger partial charge in [-0.1, -0.05) is 80.1 Å². The number of anilines is 1. The van der Waals surface area contributed by atoms with Crippen LogP contribution in [0.4, 0.5) is 5.69 Å². The van der Waals surface area contributed by atoms with Crippen LogP contribution in [-0.2, 0) is 26.2 Å². The molecular weight excluding hydrogens is 498 g/mol. The topological polar surface area (TPSA) is 86.8 Å². The fraction of sp³-hybridized carbons (Fsp3) is 0.333. The number of aryl methyl sites for hydroxylation is 1. The van der Waals surface area contributed by atoms with Crippen LogP contribution in [0.2, 0.25) is 0 Å². The van der Waals surface area contributed by atoms with E-state index in [1.165, 1.54) is 4.90 Å². The van der Waals surface area contributed by atoms with Gasteiger partial charge in [-0.05, 0) is 56.5 Å². The molecule has 8 heteroatoms. The average molecular weight is 536 g/mol. The minimum Gasteiger partial charge on any atom is -0.352 e. The number of carbonyl (C=O) groups excluding carboxylic acids is 2. The van der Waals surface area contributed by atoms with Crippen molar-refractivity contribution in [3.63, 3.8) is 0 Å². The molecule has 0 spiro atoms. The number of hydrogen-bond acceptors (Lipinski definition) is 4. The van der Waals surface area contributed by atoms with Gasteiger partial charge in [0.15, 0.2) is 0 Å². The minimum absolute atomic E-state index is 0.0482. The van der Waals surface area contributed by atoms with Gasteiger partial charge in [0, 0.05) is 12.6 Å². The molecule has 2 amide bonds. The molecule has 3 aromatic rings. The first kappa shape index (κ1) is 28.9. The summed E-state index contributed by atoms with van der Waals surface area (Å²) in [5, 5.41) is 2.98. The first-order valence-corrected chi connectivity index (χ1v) is 14.4. The maximum absolute atomic E-state index is 14.0. The molecule has 0 radical (unpaired) electrons. The van der Waals surface area contributed by atoms with Crippen LogP contribution in [-0.4, -0.2) is 43.8 Å². The Morgan fingerprint density at radius 1 is 0.842 bits per heavy atom. The highest BCUT2D eigenvalue weighted by Crippen LogP contribution is 2.25. The lowest BCUT2D eigenvalue weighted by Crippen LogP contribution is -2.53. The summed E-state index contributed by atoms with van der Waals surface area (Å²) in [6.07, 6.45) is 1.14. The molecule has 0 fully saturated rings. The van der Waals surface area contributed by atoms with Gasteiger partial charge in [-0.15, -0.1) is 0 Å². The zero-order valence-corrected chi connectivity index (χ0v) is 23.3. The van der Waals surface area contributed by atoms with Gasteiger partial charge in [0.1, 0.15) is 12.6 Å². The molecule has 0 unspecified atom stereocenters. The average Bonchev–Trinajstić information content (AvgIpc) is 2.92. The molecule has 0 heterocycles. The Morgan fingerprint density at radius 3 is 1.97 bits per heavy atom. The Morgan fingerprint density at radius 2 is 1.42 bits per heavy atom. The molecular formula is C30H37N3O4S. The summed E-state index contributed by atoms with van der Waals surface area (Å²) >= 11 is 0.